The minimum absolute atomic E-state index is 0.000625. The van der Waals surface area contributed by atoms with Gasteiger partial charge in [0, 0.05) is 12.6 Å². The van der Waals surface area contributed by atoms with E-state index in [2.05, 4.69) is 0 Å². The number of ether oxygens (including phenoxy) is 1. The molecule has 0 bridgehead atoms. The molecule has 17 heavy (non-hydrogen) atoms. The number of rotatable bonds is 3. The molecule has 1 aliphatic rings. The molecule has 0 radical (unpaired) electrons. The van der Waals surface area contributed by atoms with Crippen LogP contribution in [0.3, 0.4) is 0 Å². The van der Waals surface area contributed by atoms with Gasteiger partial charge in [0.05, 0.1) is 0 Å². The first-order valence-corrected chi connectivity index (χ1v) is 5.84. The minimum Gasteiger partial charge on any atom is -0.484 e. The number of carbonyl (C=O) groups is 1. The number of likely N-dealkylation sites (tertiary alicyclic amines) is 1. The molecule has 1 fully saturated rings. The van der Waals surface area contributed by atoms with E-state index < -0.39 is 0 Å². The molecule has 0 aromatic heterocycles. The second-order valence-electron chi connectivity index (χ2n) is 4.32. The summed E-state index contributed by atoms with van der Waals surface area (Å²) in [7, 11) is 0. The highest BCUT2D eigenvalue weighted by atomic mass is 19.1. The largest absolute Gasteiger partial charge is 0.484 e. The quantitative estimate of drug-likeness (QED) is 0.806. The fourth-order valence-electron chi connectivity index (χ4n) is 2.06. The van der Waals surface area contributed by atoms with Crippen molar-refractivity contribution < 1.29 is 13.9 Å². The molecule has 0 spiro atoms. The Kier molecular flexibility index (Phi) is 3.61. The lowest BCUT2D eigenvalue weighted by Gasteiger charge is -2.21. The van der Waals surface area contributed by atoms with E-state index in [0.717, 1.165) is 19.4 Å². The van der Waals surface area contributed by atoms with E-state index in [-0.39, 0.29) is 18.3 Å². The Morgan fingerprint density at radius 2 is 2.18 bits per heavy atom. The molecular formula is C13H16FNO2. The van der Waals surface area contributed by atoms with Gasteiger partial charge in [-0.2, -0.15) is 0 Å². The van der Waals surface area contributed by atoms with Gasteiger partial charge in [-0.25, -0.2) is 4.39 Å². The molecule has 1 aromatic rings. The molecule has 1 aromatic carbocycles. The van der Waals surface area contributed by atoms with E-state index in [1.54, 1.807) is 0 Å². The van der Waals surface area contributed by atoms with Crippen LogP contribution in [0.25, 0.3) is 0 Å². The Balaban J connectivity index is 1.85. The van der Waals surface area contributed by atoms with Crippen LogP contribution in [-0.2, 0) is 4.79 Å². The molecule has 3 nitrogen and oxygen atoms in total. The van der Waals surface area contributed by atoms with Gasteiger partial charge in [-0.3, -0.25) is 4.79 Å². The van der Waals surface area contributed by atoms with E-state index in [9.17, 15) is 9.18 Å². The van der Waals surface area contributed by atoms with E-state index >= 15 is 0 Å². The average Bonchev–Trinajstić information content (AvgIpc) is 2.74. The standard InChI is InChI=1S/C13H16FNO2/c1-10-3-2-8-15(10)13(16)9-17-12-6-4-11(14)5-7-12/h4-7,10H,2-3,8-9H2,1H3. The van der Waals surface area contributed by atoms with Gasteiger partial charge in [0.25, 0.3) is 5.91 Å². The van der Waals surface area contributed by atoms with Crippen LogP contribution < -0.4 is 4.74 Å². The van der Waals surface area contributed by atoms with Crippen molar-refractivity contribution in [2.75, 3.05) is 13.2 Å². The van der Waals surface area contributed by atoms with Crippen LogP contribution in [0.2, 0.25) is 0 Å². The fourth-order valence-corrected chi connectivity index (χ4v) is 2.06. The van der Waals surface area contributed by atoms with Gasteiger partial charge in [-0.05, 0) is 44.0 Å². The Hall–Kier alpha value is -1.58. The van der Waals surface area contributed by atoms with E-state index in [1.165, 1.54) is 24.3 Å². The van der Waals surface area contributed by atoms with Crippen LogP contribution >= 0.6 is 0 Å². The summed E-state index contributed by atoms with van der Waals surface area (Å²) in [5.41, 5.74) is 0. The van der Waals surface area contributed by atoms with Crippen molar-refractivity contribution in [2.45, 2.75) is 25.8 Å². The Morgan fingerprint density at radius 1 is 1.47 bits per heavy atom. The summed E-state index contributed by atoms with van der Waals surface area (Å²) in [4.78, 5) is 13.7. The molecule has 0 N–H and O–H groups in total. The maximum Gasteiger partial charge on any atom is 0.260 e. The number of hydrogen-bond donors (Lipinski definition) is 0. The number of benzene rings is 1. The predicted molar refractivity (Wildman–Crippen MR) is 62.3 cm³/mol. The maximum atomic E-state index is 12.7. The van der Waals surface area contributed by atoms with Crippen LogP contribution in [0.5, 0.6) is 5.75 Å². The van der Waals surface area contributed by atoms with Crippen molar-refractivity contribution in [1.29, 1.82) is 0 Å². The third kappa shape index (κ3) is 2.96. The lowest BCUT2D eigenvalue weighted by Crippen LogP contribution is -2.37. The highest BCUT2D eigenvalue weighted by Crippen LogP contribution is 2.17. The van der Waals surface area contributed by atoms with Gasteiger partial charge in [0.15, 0.2) is 6.61 Å². The summed E-state index contributed by atoms with van der Waals surface area (Å²) in [6.45, 7) is 2.88. The second kappa shape index (κ2) is 5.17. The van der Waals surface area contributed by atoms with Gasteiger partial charge < -0.3 is 9.64 Å². The van der Waals surface area contributed by atoms with Crippen LogP contribution in [-0.4, -0.2) is 30.0 Å². The van der Waals surface area contributed by atoms with Gasteiger partial charge in [-0.1, -0.05) is 0 Å². The molecule has 1 heterocycles. The third-order valence-corrected chi connectivity index (χ3v) is 3.05. The summed E-state index contributed by atoms with van der Waals surface area (Å²) < 4.78 is 18.0. The van der Waals surface area contributed by atoms with Gasteiger partial charge in [0.2, 0.25) is 0 Å². The number of amides is 1. The van der Waals surface area contributed by atoms with Gasteiger partial charge >= 0.3 is 0 Å². The summed E-state index contributed by atoms with van der Waals surface area (Å²) in [5, 5.41) is 0. The van der Waals surface area contributed by atoms with E-state index in [1.807, 2.05) is 11.8 Å². The minimum atomic E-state index is -0.308. The first-order chi connectivity index (χ1) is 8.16. The van der Waals surface area contributed by atoms with Gasteiger partial charge in [0.1, 0.15) is 11.6 Å². The Labute approximate surface area is 100 Å². The summed E-state index contributed by atoms with van der Waals surface area (Å²) in [6, 6.07) is 5.99. The predicted octanol–water partition coefficient (Wildman–Crippen LogP) is 2.22. The van der Waals surface area contributed by atoms with Crippen molar-refractivity contribution in [2.24, 2.45) is 0 Å². The third-order valence-electron chi connectivity index (χ3n) is 3.05. The summed E-state index contributed by atoms with van der Waals surface area (Å²) in [5.74, 6) is 0.211. The van der Waals surface area contributed by atoms with Crippen molar-refractivity contribution in [3.8, 4) is 5.75 Å². The SMILES string of the molecule is CC1CCCN1C(=O)COc1ccc(F)cc1. The second-order valence-corrected chi connectivity index (χ2v) is 4.32. The number of carbonyl (C=O) groups excluding carboxylic acids is 1. The number of halogens is 1. The molecule has 0 aliphatic carbocycles. The number of hydrogen-bond acceptors (Lipinski definition) is 2. The smallest absolute Gasteiger partial charge is 0.260 e. The average molecular weight is 237 g/mol. The van der Waals surface area contributed by atoms with Crippen molar-refractivity contribution in [1.82, 2.24) is 4.90 Å². The van der Waals surface area contributed by atoms with E-state index in [4.69, 9.17) is 4.74 Å². The first kappa shape index (κ1) is 11.9. The molecule has 1 saturated heterocycles. The maximum absolute atomic E-state index is 12.7. The first-order valence-electron chi connectivity index (χ1n) is 5.84. The lowest BCUT2D eigenvalue weighted by atomic mass is 10.2. The zero-order chi connectivity index (χ0) is 12.3. The van der Waals surface area contributed by atoms with Gasteiger partial charge in [-0.15, -0.1) is 0 Å². The van der Waals surface area contributed by atoms with Crippen LogP contribution in [0.15, 0.2) is 24.3 Å². The lowest BCUT2D eigenvalue weighted by molar-refractivity contribution is -0.133. The molecule has 1 atom stereocenters. The van der Waals surface area contributed by atoms with Crippen molar-refractivity contribution in [3.05, 3.63) is 30.1 Å². The normalized spacial score (nSPS) is 19.4. The zero-order valence-electron chi connectivity index (χ0n) is 9.86. The molecule has 1 aliphatic heterocycles. The molecule has 2 rings (SSSR count). The molecule has 1 amide bonds. The van der Waals surface area contributed by atoms with Crippen molar-refractivity contribution >= 4 is 5.91 Å². The molecule has 0 saturated carbocycles. The molecule has 4 heteroatoms. The Morgan fingerprint density at radius 3 is 2.76 bits per heavy atom. The van der Waals surface area contributed by atoms with Crippen LogP contribution in [0, 0.1) is 5.82 Å². The van der Waals surface area contributed by atoms with Crippen LogP contribution in [0.4, 0.5) is 4.39 Å². The molecular weight excluding hydrogens is 221 g/mol. The fraction of sp³-hybridized carbons (Fsp3) is 0.462. The topological polar surface area (TPSA) is 29.5 Å². The van der Waals surface area contributed by atoms with Crippen molar-refractivity contribution in [3.63, 3.8) is 0 Å². The number of nitrogens with zero attached hydrogens (tertiary/aromatic N) is 1. The van der Waals surface area contributed by atoms with E-state index in [0.29, 0.717) is 11.8 Å². The Bertz CT molecular complexity index is 391. The molecule has 92 valence electrons. The zero-order valence-corrected chi connectivity index (χ0v) is 9.86. The van der Waals surface area contributed by atoms with Crippen LogP contribution in [0.1, 0.15) is 19.8 Å². The highest BCUT2D eigenvalue weighted by Gasteiger charge is 2.24. The highest BCUT2D eigenvalue weighted by molar-refractivity contribution is 5.78. The molecule has 1 unspecified atom stereocenters. The monoisotopic (exact) mass is 237 g/mol. The summed E-state index contributed by atoms with van der Waals surface area (Å²) >= 11 is 0. The summed E-state index contributed by atoms with van der Waals surface area (Å²) in [6.07, 6.45) is 2.12.